The standard InChI is InChI=1S/C18H22N4OS/c1-13(21-24(23)18(2,3)4)15-12-16-19-10-11-22(16)20-17(15)14-8-6-5-7-9-14/h5-13,21H,1-4H3/t13-,24+/m0/s1. The predicted molar refractivity (Wildman–Crippen MR) is 97.9 cm³/mol. The molecule has 0 fully saturated rings. The molecule has 0 aliphatic carbocycles. The molecule has 24 heavy (non-hydrogen) atoms. The van der Waals surface area contributed by atoms with Crippen molar-refractivity contribution in [3.8, 4) is 11.3 Å². The first kappa shape index (κ1) is 16.8. The van der Waals surface area contributed by atoms with Gasteiger partial charge in [-0.2, -0.15) is 5.10 Å². The Kier molecular flexibility index (Phi) is 4.51. The van der Waals surface area contributed by atoms with Gasteiger partial charge in [0.05, 0.1) is 21.4 Å². The van der Waals surface area contributed by atoms with Crippen LogP contribution in [-0.4, -0.2) is 23.6 Å². The van der Waals surface area contributed by atoms with Gasteiger partial charge in [0.2, 0.25) is 0 Å². The molecule has 6 heteroatoms. The van der Waals surface area contributed by atoms with E-state index in [0.717, 1.165) is 22.5 Å². The first-order valence-corrected chi connectivity index (χ1v) is 9.09. The van der Waals surface area contributed by atoms with Gasteiger partial charge >= 0.3 is 0 Å². The fourth-order valence-electron chi connectivity index (χ4n) is 2.42. The van der Waals surface area contributed by atoms with Gasteiger partial charge in [-0.3, -0.25) is 0 Å². The summed E-state index contributed by atoms with van der Waals surface area (Å²) in [4.78, 5) is 4.32. The molecule has 2 atom stereocenters. The molecule has 0 spiro atoms. The van der Waals surface area contributed by atoms with Crippen LogP contribution in [0.25, 0.3) is 16.9 Å². The highest BCUT2D eigenvalue weighted by Gasteiger charge is 2.24. The van der Waals surface area contributed by atoms with E-state index in [0.29, 0.717) is 0 Å². The van der Waals surface area contributed by atoms with Crippen LogP contribution in [0.15, 0.2) is 48.8 Å². The van der Waals surface area contributed by atoms with Gasteiger partial charge in [-0.1, -0.05) is 30.3 Å². The zero-order valence-electron chi connectivity index (χ0n) is 14.4. The van der Waals surface area contributed by atoms with Gasteiger partial charge in [0, 0.05) is 29.6 Å². The molecule has 0 amide bonds. The molecular formula is C18H22N4OS. The second-order valence-corrected chi connectivity index (χ2v) is 8.76. The summed E-state index contributed by atoms with van der Waals surface area (Å²) in [7, 11) is -1.16. The van der Waals surface area contributed by atoms with E-state index in [-0.39, 0.29) is 10.8 Å². The van der Waals surface area contributed by atoms with Crippen LogP contribution in [-0.2, 0) is 11.0 Å². The van der Waals surface area contributed by atoms with Gasteiger partial charge in [0.1, 0.15) is 0 Å². The molecule has 1 aromatic carbocycles. The third-order valence-electron chi connectivity index (χ3n) is 3.77. The maximum Gasteiger partial charge on any atom is 0.153 e. The lowest BCUT2D eigenvalue weighted by Gasteiger charge is -2.23. The molecule has 0 saturated carbocycles. The molecule has 0 unspecified atom stereocenters. The number of imidazole rings is 1. The van der Waals surface area contributed by atoms with E-state index in [1.807, 2.05) is 70.3 Å². The number of hydrogen-bond acceptors (Lipinski definition) is 3. The van der Waals surface area contributed by atoms with Crippen molar-refractivity contribution in [1.29, 1.82) is 0 Å². The minimum absolute atomic E-state index is 0.116. The van der Waals surface area contributed by atoms with Gasteiger partial charge < -0.3 is 0 Å². The summed E-state index contributed by atoms with van der Waals surface area (Å²) >= 11 is 0. The average Bonchev–Trinajstić information content (AvgIpc) is 3.01. The Labute approximate surface area is 144 Å². The molecule has 2 heterocycles. The summed E-state index contributed by atoms with van der Waals surface area (Å²) in [6.07, 6.45) is 3.56. The fraction of sp³-hybridized carbons (Fsp3) is 0.333. The van der Waals surface area contributed by atoms with Crippen molar-refractivity contribution in [3.05, 3.63) is 54.4 Å². The molecule has 3 rings (SSSR count). The zero-order chi connectivity index (χ0) is 17.3. The Morgan fingerprint density at radius 2 is 1.92 bits per heavy atom. The summed E-state index contributed by atoms with van der Waals surface area (Å²) in [5, 5.41) is 4.71. The Morgan fingerprint density at radius 1 is 1.21 bits per heavy atom. The molecule has 0 saturated heterocycles. The van der Waals surface area contributed by atoms with E-state index in [2.05, 4.69) is 9.71 Å². The molecule has 0 aliphatic heterocycles. The Balaban J connectivity index is 2.06. The summed E-state index contributed by atoms with van der Waals surface area (Å²) in [5.41, 5.74) is 3.66. The van der Waals surface area contributed by atoms with Crippen LogP contribution in [0.1, 0.15) is 39.3 Å². The quantitative estimate of drug-likeness (QED) is 0.789. The van der Waals surface area contributed by atoms with Crippen LogP contribution < -0.4 is 4.72 Å². The van der Waals surface area contributed by atoms with Gasteiger partial charge in [-0.15, -0.1) is 0 Å². The van der Waals surface area contributed by atoms with Crippen molar-refractivity contribution in [3.63, 3.8) is 0 Å². The molecule has 2 aromatic heterocycles. The molecule has 126 valence electrons. The van der Waals surface area contributed by atoms with Crippen molar-refractivity contribution in [1.82, 2.24) is 19.3 Å². The maximum atomic E-state index is 12.5. The lowest BCUT2D eigenvalue weighted by Crippen LogP contribution is -2.35. The van der Waals surface area contributed by atoms with Crippen molar-refractivity contribution < 1.29 is 4.21 Å². The molecular weight excluding hydrogens is 320 g/mol. The Morgan fingerprint density at radius 3 is 2.58 bits per heavy atom. The number of fused-ring (bicyclic) bond motifs is 1. The highest BCUT2D eigenvalue weighted by Crippen LogP contribution is 2.28. The van der Waals surface area contributed by atoms with Gasteiger partial charge in [0.15, 0.2) is 5.65 Å². The highest BCUT2D eigenvalue weighted by atomic mass is 32.2. The van der Waals surface area contributed by atoms with Crippen molar-refractivity contribution in [2.45, 2.75) is 38.5 Å². The summed E-state index contributed by atoms with van der Waals surface area (Å²) in [5.74, 6) is 0. The van der Waals surface area contributed by atoms with E-state index >= 15 is 0 Å². The van der Waals surface area contributed by atoms with Crippen LogP contribution in [0.5, 0.6) is 0 Å². The number of hydrogen-bond donors (Lipinski definition) is 1. The lowest BCUT2D eigenvalue weighted by atomic mass is 10.0. The number of aromatic nitrogens is 3. The first-order valence-electron chi connectivity index (χ1n) is 7.94. The Bertz CT molecular complexity index is 868. The predicted octanol–water partition coefficient (Wildman–Crippen LogP) is 3.51. The number of nitrogens with one attached hydrogen (secondary N) is 1. The average molecular weight is 342 g/mol. The van der Waals surface area contributed by atoms with Gasteiger partial charge in [-0.05, 0) is 33.8 Å². The minimum atomic E-state index is -1.16. The number of benzene rings is 1. The summed E-state index contributed by atoms with van der Waals surface area (Å²) < 4.78 is 17.1. The van der Waals surface area contributed by atoms with Crippen LogP contribution in [0, 0.1) is 0 Å². The van der Waals surface area contributed by atoms with Gasteiger partial charge in [0.25, 0.3) is 0 Å². The zero-order valence-corrected chi connectivity index (χ0v) is 15.2. The van der Waals surface area contributed by atoms with Crippen LogP contribution >= 0.6 is 0 Å². The SMILES string of the molecule is C[C@H](N[S@](=O)C(C)(C)C)c1cc2nccn2nc1-c1ccccc1. The maximum absolute atomic E-state index is 12.5. The third-order valence-corrected chi connectivity index (χ3v) is 5.45. The summed E-state index contributed by atoms with van der Waals surface area (Å²) in [6, 6.07) is 11.9. The normalized spacial score (nSPS) is 14.7. The summed E-state index contributed by atoms with van der Waals surface area (Å²) in [6.45, 7) is 7.87. The van der Waals surface area contributed by atoms with Crippen LogP contribution in [0.2, 0.25) is 0 Å². The topological polar surface area (TPSA) is 59.3 Å². The van der Waals surface area contributed by atoms with E-state index in [4.69, 9.17) is 5.10 Å². The second-order valence-electron chi connectivity index (χ2n) is 6.76. The van der Waals surface area contributed by atoms with E-state index < -0.39 is 11.0 Å². The second kappa shape index (κ2) is 6.45. The van der Waals surface area contributed by atoms with E-state index in [1.165, 1.54) is 0 Å². The van der Waals surface area contributed by atoms with E-state index in [1.54, 1.807) is 10.7 Å². The molecule has 0 radical (unpaired) electrons. The van der Waals surface area contributed by atoms with Crippen molar-refractivity contribution in [2.24, 2.45) is 0 Å². The molecule has 0 bridgehead atoms. The molecule has 1 N–H and O–H groups in total. The largest absolute Gasteiger partial charge is 0.242 e. The highest BCUT2D eigenvalue weighted by molar-refractivity contribution is 7.84. The fourth-order valence-corrected chi connectivity index (χ4v) is 3.22. The van der Waals surface area contributed by atoms with Gasteiger partial charge in [-0.25, -0.2) is 18.4 Å². The van der Waals surface area contributed by atoms with Crippen LogP contribution in [0.3, 0.4) is 0 Å². The minimum Gasteiger partial charge on any atom is -0.242 e. The number of rotatable bonds is 4. The van der Waals surface area contributed by atoms with Crippen molar-refractivity contribution >= 4 is 16.6 Å². The van der Waals surface area contributed by atoms with E-state index in [9.17, 15) is 4.21 Å². The molecule has 5 nitrogen and oxygen atoms in total. The monoisotopic (exact) mass is 342 g/mol. The lowest BCUT2D eigenvalue weighted by molar-refractivity contribution is 0.615. The first-order chi connectivity index (χ1) is 11.4. The van der Waals surface area contributed by atoms with Crippen molar-refractivity contribution in [2.75, 3.05) is 0 Å². The van der Waals surface area contributed by atoms with Crippen LogP contribution in [0.4, 0.5) is 0 Å². The molecule has 3 aromatic rings. The Hall–Kier alpha value is -2.05. The smallest absolute Gasteiger partial charge is 0.153 e. The number of nitrogens with zero attached hydrogens (tertiary/aromatic N) is 3. The third kappa shape index (κ3) is 3.39. The molecule has 0 aliphatic rings.